The molecule has 31 heavy (non-hydrogen) atoms. The molecule has 0 radical (unpaired) electrons. The molecule has 2 aromatic heterocycles. The highest BCUT2D eigenvalue weighted by atomic mass is 16.3. The Hall–Kier alpha value is -2.24. The summed E-state index contributed by atoms with van der Waals surface area (Å²) < 4.78 is 7.84. The summed E-state index contributed by atoms with van der Waals surface area (Å²) in [5.74, 6) is 0.804. The van der Waals surface area contributed by atoms with Gasteiger partial charge in [0.1, 0.15) is 17.0 Å². The van der Waals surface area contributed by atoms with Crippen LogP contribution in [0.25, 0.3) is 11.1 Å². The second-order valence-electron chi connectivity index (χ2n) is 10.1. The van der Waals surface area contributed by atoms with E-state index in [1.165, 1.54) is 32.1 Å². The van der Waals surface area contributed by atoms with Gasteiger partial charge < -0.3 is 19.2 Å². The van der Waals surface area contributed by atoms with Crippen LogP contribution in [-0.4, -0.2) is 38.9 Å². The van der Waals surface area contributed by atoms with Crippen molar-refractivity contribution in [2.75, 3.05) is 0 Å². The van der Waals surface area contributed by atoms with Crippen molar-refractivity contribution in [1.82, 2.24) is 14.8 Å². The molecule has 2 aliphatic carbocycles. The summed E-state index contributed by atoms with van der Waals surface area (Å²) in [6.45, 7) is 4.38. The largest absolute Gasteiger partial charge is 0.460 e. The number of hydrogen-bond donors (Lipinski definition) is 1. The summed E-state index contributed by atoms with van der Waals surface area (Å²) in [7, 11) is 0. The Balaban J connectivity index is 1.52. The maximum atomic E-state index is 13.8. The van der Waals surface area contributed by atoms with Crippen LogP contribution in [0.2, 0.25) is 0 Å². The number of furan rings is 1. The summed E-state index contributed by atoms with van der Waals surface area (Å²) in [5.41, 5.74) is 1.41. The molecule has 5 rings (SSSR count). The second-order valence-corrected chi connectivity index (χ2v) is 10.1. The smallest absolute Gasteiger partial charge is 0.271 e. The number of hydrogen-bond acceptors (Lipinski definition) is 3. The number of rotatable bonds is 3. The quantitative estimate of drug-likeness (QED) is 0.709. The van der Waals surface area contributed by atoms with Gasteiger partial charge in [0.05, 0.1) is 12.1 Å². The molecule has 168 valence electrons. The van der Waals surface area contributed by atoms with Crippen molar-refractivity contribution in [3.63, 3.8) is 0 Å². The molecule has 0 bridgehead atoms. The van der Waals surface area contributed by atoms with E-state index in [0.29, 0.717) is 12.2 Å². The molecule has 1 atom stereocenters. The van der Waals surface area contributed by atoms with Gasteiger partial charge >= 0.3 is 0 Å². The van der Waals surface area contributed by atoms with Crippen molar-refractivity contribution in [3.05, 3.63) is 23.6 Å². The molecular formula is C25H35N3O3. The molecule has 2 fully saturated rings. The Morgan fingerprint density at radius 3 is 2.39 bits per heavy atom. The predicted octanol–water partition coefficient (Wildman–Crippen LogP) is 4.93. The summed E-state index contributed by atoms with van der Waals surface area (Å²) in [5, 5.41) is 3.37. The predicted molar refractivity (Wildman–Crippen MR) is 120 cm³/mol. The van der Waals surface area contributed by atoms with Crippen molar-refractivity contribution in [1.29, 1.82) is 0 Å². The van der Waals surface area contributed by atoms with Crippen molar-refractivity contribution < 1.29 is 14.0 Å². The lowest BCUT2D eigenvalue weighted by Gasteiger charge is -2.49. The maximum absolute atomic E-state index is 13.8. The van der Waals surface area contributed by atoms with Crippen LogP contribution in [0, 0.1) is 6.92 Å². The first-order valence-corrected chi connectivity index (χ1v) is 12.2. The van der Waals surface area contributed by atoms with Gasteiger partial charge in [-0.1, -0.05) is 44.9 Å². The van der Waals surface area contributed by atoms with Crippen LogP contribution in [0.5, 0.6) is 0 Å². The van der Waals surface area contributed by atoms with E-state index in [4.69, 9.17) is 4.42 Å². The molecular weight excluding hydrogens is 390 g/mol. The SMILES string of the molecule is Cc1cc2c(cc3n2CC(C)(C(=O)NC2CCCCCC2)N(C2CCCCC2)C3=O)o1. The molecule has 0 aromatic carbocycles. The molecule has 2 aromatic rings. The van der Waals surface area contributed by atoms with Crippen LogP contribution in [0.3, 0.4) is 0 Å². The van der Waals surface area contributed by atoms with E-state index in [9.17, 15) is 9.59 Å². The van der Waals surface area contributed by atoms with Crippen molar-refractivity contribution >= 4 is 22.9 Å². The Labute approximate surface area is 184 Å². The first-order chi connectivity index (χ1) is 15.0. The molecule has 1 unspecified atom stereocenters. The van der Waals surface area contributed by atoms with Crippen molar-refractivity contribution in [3.8, 4) is 0 Å². The van der Waals surface area contributed by atoms with Crippen LogP contribution in [0.15, 0.2) is 16.5 Å². The van der Waals surface area contributed by atoms with E-state index in [1.54, 1.807) is 0 Å². The van der Waals surface area contributed by atoms with Gasteiger partial charge in [-0.3, -0.25) is 9.59 Å². The lowest BCUT2D eigenvalue weighted by Crippen LogP contribution is -2.67. The van der Waals surface area contributed by atoms with E-state index in [0.717, 1.165) is 55.4 Å². The minimum Gasteiger partial charge on any atom is -0.460 e. The van der Waals surface area contributed by atoms with Crippen LogP contribution < -0.4 is 5.32 Å². The minimum absolute atomic E-state index is 0.00559. The number of carbonyl (C=O) groups excluding carboxylic acids is 2. The third kappa shape index (κ3) is 3.58. The van der Waals surface area contributed by atoms with E-state index in [-0.39, 0.29) is 23.9 Å². The molecule has 2 saturated carbocycles. The summed E-state index contributed by atoms with van der Waals surface area (Å²) in [4.78, 5) is 29.6. The highest BCUT2D eigenvalue weighted by molar-refractivity contribution is 6.03. The Kier molecular flexibility index (Phi) is 5.35. The molecule has 6 nitrogen and oxygen atoms in total. The lowest BCUT2D eigenvalue weighted by atomic mass is 9.86. The lowest BCUT2D eigenvalue weighted by molar-refractivity contribution is -0.135. The summed E-state index contributed by atoms with van der Waals surface area (Å²) in [6.07, 6.45) is 12.3. The number of nitrogens with one attached hydrogen (secondary N) is 1. The number of amides is 2. The van der Waals surface area contributed by atoms with Crippen LogP contribution in [-0.2, 0) is 11.3 Å². The number of fused-ring (bicyclic) bond motifs is 3. The average Bonchev–Trinajstić information content (AvgIpc) is 3.14. The number of carbonyl (C=O) groups is 2. The van der Waals surface area contributed by atoms with E-state index >= 15 is 0 Å². The number of nitrogens with zero attached hydrogens (tertiary/aromatic N) is 2. The first kappa shape index (κ1) is 20.7. The highest BCUT2D eigenvalue weighted by Gasteiger charge is 2.51. The normalized spacial score (nSPS) is 26.1. The van der Waals surface area contributed by atoms with Gasteiger partial charge in [0.2, 0.25) is 5.91 Å². The molecule has 0 saturated heterocycles. The fraction of sp³-hybridized carbons (Fsp3) is 0.680. The fourth-order valence-corrected chi connectivity index (χ4v) is 6.10. The van der Waals surface area contributed by atoms with Gasteiger partial charge in [-0.15, -0.1) is 0 Å². The standard InChI is InChI=1S/C25H35N3O3/c1-17-14-20-22(31-17)15-21-23(29)28(19-12-8-5-9-13-19)25(2,16-27(20)21)24(30)26-18-10-6-3-4-7-11-18/h14-15,18-19H,3-13,16H2,1-2H3,(H,26,30). The molecule has 2 amide bonds. The molecule has 6 heteroatoms. The molecule has 1 aliphatic heterocycles. The van der Waals surface area contributed by atoms with Gasteiger partial charge in [-0.05, 0) is 39.5 Å². The molecule has 3 heterocycles. The summed E-state index contributed by atoms with van der Waals surface area (Å²) in [6, 6.07) is 4.19. The maximum Gasteiger partial charge on any atom is 0.271 e. The Morgan fingerprint density at radius 1 is 1.03 bits per heavy atom. The monoisotopic (exact) mass is 425 g/mol. The third-order valence-corrected chi connectivity index (χ3v) is 7.77. The Morgan fingerprint density at radius 2 is 1.68 bits per heavy atom. The van der Waals surface area contributed by atoms with Gasteiger partial charge in [0.15, 0.2) is 5.58 Å². The number of aromatic nitrogens is 1. The average molecular weight is 426 g/mol. The fourth-order valence-electron chi connectivity index (χ4n) is 6.10. The molecule has 1 N–H and O–H groups in total. The van der Waals surface area contributed by atoms with E-state index in [1.807, 2.05) is 35.4 Å². The minimum atomic E-state index is -0.893. The highest BCUT2D eigenvalue weighted by Crippen LogP contribution is 2.38. The van der Waals surface area contributed by atoms with Gasteiger partial charge in [0.25, 0.3) is 5.91 Å². The molecule has 0 spiro atoms. The Bertz CT molecular complexity index is 976. The van der Waals surface area contributed by atoms with Crippen LogP contribution >= 0.6 is 0 Å². The van der Waals surface area contributed by atoms with Crippen LogP contribution in [0.4, 0.5) is 0 Å². The zero-order valence-electron chi connectivity index (χ0n) is 18.9. The topological polar surface area (TPSA) is 67.5 Å². The number of aryl methyl sites for hydroxylation is 1. The van der Waals surface area contributed by atoms with E-state index < -0.39 is 5.54 Å². The third-order valence-electron chi connectivity index (χ3n) is 7.77. The van der Waals surface area contributed by atoms with Gasteiger partial charge in [-0.2, -0.15) is 0 Å². The van der Waals surface area contributed by atoms with Gasteiger partial charge in [-0.25, -0.2) is 0 Å². The van der Waals surface area contributed by atoms with Crippen LogP contribution in [0.1, 0.15) is 93.8 Å². The summed E-state index contributed by atoms with van der Waals surface area (Å²) >= 11 is 0. The second kappa shape index (κ2) is 8.03. The van der Waals surface area contributed by atoms with Gasteiger partial charge in [0, 0.05) is 24.2 Å². The zero-order chi connectivity index (χ0) is 21.6. The molecule has 3 aliphatic rings. The van der Waals surface area contributed by atoms with Crippen molar-refractivity contribution in [2.24, 2.45) is 0 Å². The first-order valence-electron chi connectivity index (χ1n) is 12.2. The zero-order valence-corrected chi connectivity index (χ0v) is 18.9. The van der Waals surface area contributed by atoms with E-state index in [2.05, 4.69) is 5.32 Å². The van der Waals surface area contributed by atoms with Crippen molar-refractivity contribution in [2.45, 2.75) is 109 Å².